The third-order valence-electron chi connectivity index (χ3n) is 1.61. The highest BCUT2D eigenvalue weighted by molar-refractivity contribution is 5.76. The molecule has 1 rings (SSSR count). The Morgan fingerprint density at radius 3 is 3.00 bits per heavy atom. The summed E-state index contributed by atoms with van der Waals surface area (Å²) in [4.78, 5) is 18.1. The fraction of sp³-hybridized carbons (Fsp3) is 0.556. The number of rotatable bonds is 4. The van der Waals surface area contributed by atoms with E-state index >= 15 is 0 Å². The van der Waals surface area contributed by atoms with Gasteiger partial charge in [-0.15, -0.1) is 0 Å². The molecule has 0 saturated heterocycles. The summed E-state index contributed by atoms with van der Waals surface area (Å²) in [6, 6.07) is 0.215. The number of nitrogens with zero attached hydrogens (tertiary/aromatic N) is 1. The summed E-state index contributed by atoms with van der Waals surface area (Å²) < 4.78 is 0. The lowest BCUT2D eigenvalue weighted by Gasteiger charge is -2.06. The number of carbonyl (C=O) groups is 1. The molecule has 1 amide bonds. The normalized spacial score (nSPS) is 10.4. The van der Waals surface area contributed by atoms with E-state index in [2.05, 4.69) is 15.3 Å². The smallest absolute Gasteiger partial charge is 0.220 e. The summed E-state index contributed by atoms with van der Waals surface area (Å²) in [7, 11) is 0. The maximum atomic E-state index is 11.2. The van der Waals surface area contributed by atoms with E-state index in [4.69, 9.17) is 0 Å². The van der Waals surface area contributed by atoms with Gasteiger partial charge in [-0.05, 0) is 20.3 Å². The molecule has 0 aliphatic heterocycles. The Hall–Kier alpha value is -1.32. The summed E-state index contributed by atoms with van der Waals surface area (Å²) in [6.45, 7) is 3.90. The van der Waals surface area contributed by atoms with Crippen molar-refractivity contribution in [3.8, 4) is 0 Å². The molecule has 1 aromatic heterocycles. The second-order valence-electron chi connectivity index (χ2n) is 3.28. The van der Waals surface area contributed by atoms with Gasteiger partial charge >= 0.3 is 0 Å². The summed E-state index contributed by atoms with van der Waals surface area (Å²) in [5, 5.41) is 2.83. The fourth-order valence-corrected chi connectivity index (χ4v) is 1.06. The van der Waals surface area contributed by atoms with Crippen LogP contribution in [0.5, 0.6) is 0 Å². The second-order valence-corrected chi connectivity index (χ2v) is 3.28. The average Bonchev–Trinajstić information content (AvgIpc) is 2.51. The Kier molecular flexibility index (Phi) is 3.49. The Labute approximate surface area is 77.8 Å². The van der Waals surface area contributed by atoms with Crippen LogP contribution in [-0.2, 0) is 11.2 Å². The zero-order valence-electron chi connectivity index (χ0n) is 8.00. The van der Waals surface area contributed by atoms with Gasteiger partial charge in [0, 0.05) is 18.7 Å². The first-order valence-corrected chi connectivity index (χ1v) is 4.45. The third-order valence-corrected chi connectivity index (χ3v) is 1.61. The largest absolute Gasteiger partial charge is 0.354 e. The number of imidazole rings is 1. The molecule has 1 aromatic rings. The number of nitrogens with one attached hydrogen (secondary N) is 2. The number of aryl methyl sites for hydroxylation is 1. The lowest BCUT2D eigenvalue weighted by Crippen LogP contribution is -2.30. The van der Waals surface area contributed by atoms with Crippen LogP contribution in [-0.4, -0.2) is 21.9 Å². The van der Waals surface area contributed by atoms with Gasteiger partial charge in [-0.3, -0.25) is 4.79 Å². The van der Waals surface area contributed by atoms with E-state index in [0.29, 0.717) is 12.8 Å². The highest BCUT2D eigenvalue weighted by Crippen LogP contribution is 1.96. The summed E-state index contributed by atoms with van der Waals surface area (Å²) in [5.74, 6) is 0.0815. The van der Waals surface area contributed by atoms with Gasteiger partial charge in [0.05, 0.1) is 12.0 Å². The first kappa shape index (κ1) is 9.77. The number of hydrogen-bond acceptors (Lipinski definition) is 2. The van der Waals surface area contributed by atoms with Gasteiger partial charge in [-0.2, -0.15) is 0 Å². The van der Waals surface area contributed by atoms with Gasteiger partial charge in [0.2, 0.25) is 5.91 Å². The number of carbonyl (C=O) groups excluding carboxylic acids is 1. The van der Waals surface area contributed by atoms with Crippen LogP contribution in [0.3, 0.4) is 0 Å². The minimum Gasteiger partial charge on any atom is -0.354 e. The van der Waals surface area contributed by atoms with Crippen LogP contribution in [0.4, 0.5) is 0 Å². The molecule has 13 heavy (non-hydrogen) atoms. The molecule has 0 atom stereocenters. The lowest BCUT2D eigenvalue weighted by molar-refractivity contribution is -0.121. The van der Waals surface area contributed by atoms with E-state index in [1.165, 1.54) is 0 Å². The standard InChI is InChI=1S/C9H15N3O/c1-7(2)12-9(13)4-3-8-5-10-6-11-8/h5-7H,3-4H2,1-2H3,(H,10,11)(H,12,13). The molecule has 4 heteroatoms. The SMILES string of the molecule is CC(C)NC(=O)CCc1c[nH]cn1. The molecule has 0 spiro atoms. The van der Waals surface area contributed by atoms with E-state index in [-0.39, 0.29) is 11.9 Å². The van der Waals surface area contributed by atoms with Crippen molar-refractivity contribution in [1.82, 2.24) is 15.3 Å². The zero-order valence-corrected chi connectivity index (χ0v) is 8.00. The van der Waals surface area contributed by atoms with Crippen LogP contribution in [0.2, 0.25) is 0 Å². The maximum Gasteiger partial charge on any atom is 0.220 e. The van der Waals surface area contributed by atoms with Crippen LogP contribution in [0.1, 0.15) is 26.0 Å². The highest BCUT2D eigenvalue weighted by atomic mass is 16.1. The summed E-state index contributed by atoms with van der Waals surface area (Å²) in [6.07, 6.45) is 4.63. The number of aromatic nitrogens is 2. The summed E-state index contributed by atoms with van der Waals surface area (Å²) in [5.41, 5.74) is 0.930. The molecular weight excluding hydrogens is 166 g/mol. The first-order valence-electron chi connectivity index (χ1n) is 4.45. The summed E-state index contributed by atoms with van der Waals surface area (Å²) >= 11 is 0. The second kappa shape index (κ2) is 4.64. The van der Waals surface area contributed by atoms with Crippen LogP contribution in [0.15, 0.2) is 12.5 Å². The van der Waals surface area contributed by atoms with E-state index in [9.17, 15) is 4.79 Å². The molecule has 0 unspecified atom stereocenters. The molecule has 0 saturated carbocycles. The highest BCUT2D eigenvalue weighted by Gasteiger charge is 2.03. The maximum absolute atomic E-state index is 11.2. The van der Waals surface area contributed by atoms with Crippen molar-refractivity contribution in [3.63, 3.8) is 0 Å². The first-order chi connectivity index (χ1) is 6.18. The minimum absolute atomic E-state index is 0.0815. The minimum atomic E-state index is 0.0815. The van der Waals surface area contributed by atoms with E-state index < -0.39 is 0 Å². The Bertz CT molecular complexity index is 254. The Morgan fingerprint density at radius 2 is 2.46 bits per heavy atom. The van der Waals surface area contributed by atoms with E-state index in [1.54, 1.807) is 6.33 Å². The van der Waals surface area contributed by atoms with E-state index in [0.717, 1.165) is 5.69 Å². The van der Waals surface area contributed by atoms with Crippen LogP contribution in [0, 0.1) is 0 Å². The van der Waals surface area contributed by atoms with Crippen LogP contribution in [0.25, 0.3) is 0 Å². The van der Waals surface area contributed by atoms with Gasteiger partial charge < -0.3 is 10.3 Å². The van der Waals surface area contributed by atoms with Crippen molar-refractivity contribution < 1.29 is 4.79 Å². The zero-order chi connectivity index (χ0) is 9.68. The molecule has 1 heterocycles. The average molecular weight is 181 g/mol. The third kappa shape index (κ3) is 3.73. The lowest BCUT2D eigenvalue weighted by atomic mass is 10.2. The molecule has 0 fully saturated rings. The van der Waals surface area contributed by atoms with Crippen molar-refractivity contribution in [1.29, 1.82) is 0 Å². The predicted octanol–water partition coefficient (Wildman–Crippen LogP) is 0.867. The van der Waals surface area contributed by atoms with Crippen LogP contribution >= 0.6 is 0 Å². The number of hydrogen-bond donors (Lipinski definition) is 2. The molecule has 2 N–H and O–H groups in total. The van der Waals surface area contributed by atoms with Crippen molar-refractivity contribution in [2.75, 3.05) is 0 Å². The molecule has 0 bridgehead atoms. The predicted molar refractivity (Wildman–Crippen MR) is 50.2 cm³/mol. The molecule has 0 aliphatic carbocycles. The van der Waals surface area contributed by atoms with Crippen molar-refractivity contribution >= 4 is 5.91 Å². The molecule has 0 aliphatic rings. The number of aromatic amines is 1. The van der Waals surface area contributed by atoms with Crippen molar-refractivity contribution in [3.05, 3.63) is 18.2 Å². The van der Waals surface area contributed by atoms with Crippen molar-refractivity contribution in [2.45, 2.75) is 32.7 Å². The van der Waals surface area contributed by atoms with Gasteiger partial charge in [0.1, 0.15) is 0 Å². The van der Waals surface area contributed by atoms with Gasteiger partial charge in [-0.1, -0.05) is 0 Å². The number of H-pyrrole nitrogens is 1. The number of amides is 1. The molecule has 0 aromatic carbocycles. The monoisotopic (exact) mass is 181 g/mol. The topological polar surface area (TPSA) is 57.8 Å². The molecule has 72 valence electrons. The molecule has 4 nitrogen and oxygen atoms in total. The van der Waals surface area contributed by atoms with Gasteiger partial charge in [0.25, 0.3) is 0 Å². The Morgan fingerprint density at radius 1 is 1.69 bits per heavy atom. The molecule has 0 radical (unpaired) electrons. The fourth-order valence-electron chi connectivity index (χ4n) is 1.06. The van der Waals surface area contributed by atoms with Crippen LogP contribution < -0.4 is 5.32 Å². The molecular formula is C9H15N3O. The quantitative estimate of drug-likeness (QED) is 0.724. The van der Waals surface area contributed by atoms with Gasteiger partial charge in [0.15, 0.2) is 0 Å². The van der Waals surface area contributed by atoms with Gasteiger partial charge in [-0.25, -0.2) is 4.98 Å². The Balaban J connectivity index is 2.23. The van der Waals surface area contributed by atoms with Crippen molar-refractivity contribution in [2.24, 2.45) is 0 Å². The van der Waals surface area contributed by atoms with E-state index in [1.807, 2.05) is 20.0 Å².